The fourth-order valence-electron chi connectivity index (χ4n) is 3.45. The molecule has 0 aromatic carbocycles. The molecule has 0 spiro atoms. The van der Waals surface area contributed by atoms with Gasteiger partial charge >= 0.3 is 5.97 Å². The van der Waals surface area contributed by atoms with Crippen LogP contribution in [0.4, 0.5) is 0 Å². The molecule has 0 saturated heterocycles. The third-order valence-electron chi connectivity index (χ3n) is 4.75. The number of aliphatic hydroxyl groups excluding tert-OH is 2. The van der Waals surface area contributed by atoms with E-state index in [1.54, 1.807) is 0 Å². The van der Waals surface area contributed by atoms with E-state index in [0.29, 0.717) is 12.8 Å². The molecule has 4 atom stereocenters. The van der Waals surface area contributed by atoms with Crippen molar-refractivity contribution in [3.05, 3.63) is 12.2 Å². The van der Waals surface area contributed by atoms with Gasteiger partial charge in [0.1, 0.15) is 0 Å². The quantitative estimate of drug-likeness (QED) is 0.403. The van der Waals surface area contributed by atoms with Crippen molar-refractivity contribution in [2.75, 3.05) is 0 Å². The smallest absolute Gasteiger partial charge is 0.303 e. The lowest BCUT2D eigenvalue weighted by atomic mass is 9.86. The Bertz CT molecular complexity index is 340. The number of hydrogen-bond donors (Lipinski definition) is 3. The Morgan fingerprint density at radius 2 is 1.77 bits per heavy atom. The molecule has 0 amide bonds. The van der Waals surface area contributed by atoms with Gasteiger partial charge in [-0.15, -0.1) is 0 Å². The predicted octanol–water partition coefficient (Wildman–Crippen LogP) is 3.52. The number of rotatable bonds is 11. The van der Waals surface area contributed by atoms with Crippen LogP contribution in [-0.4, -0.2) is 33.5 Å². The van der Waals surface area contributed by atoms with Gasteiger partial charge in [0.25, 0.3) is 0 Å². The molecule has 1 aliphatic rings. The van der Waals surface area contributed by atoms with Gasteiger partial charge in [-0.05, 0) is 50.4 Å². The summed E-state index contributed by atoms with van der Waals surface area (Å²) in [6.45, 7) is 2.19. The minimum atomic E-state index is -0.765. The fraction of sp³-hybridized carbons (Fsp3) is 0.833. The standard InChI is InChI=1S/C18H32O4/c1-2-3-4-5-6-7-10-14-15(17(20)13-16(14)19)11-8-9-12-18(21)22/h6-7,14-17,19-20H,2-5,8-13H2,1H3,(H,21,22). The van der Waals surface area contributed by atoms with Gasteiger partial charge in [0.2, 0.25) is 0 Å². The Kier molecular flexibility index (Phi) is 9.41. The van der Waals surface area contributed by atoms with E-state index in [1.165, 1.54) is 19.3 Å². The van der Waals surface area contributed by atoms with Crippen LogP contribution in [0.25, 0.3) is 0 Å². The summed E-state index contributed by atoms with van der Waals surface area (Å²) >= 11 is 0. The molecule has 3 N–H and O–H groups in total. The van der Waals surface area contributed by atoms with Gasteiger partial charge in [0.05, 0.1) is 12.2 Å². The van der Waals surface area contributed by atoms with Crippen molar-refractivity contribution in [1.29, 1.82) is 0 Å². The highest BCUT2D eigenvalue weighted by Gasteiger charge is 2.40. The molecule has 1 saturated carbocycles. The number of carbonyl (C=O) groups is 1. The molecule has 4 unspecified atom stereocenters. The lowest BCUT2D eigenvalue weighted by Crippen LogP contribution is -2.21. The average Bonchev–Trinajstić information content (AvgIpc) is 2.73. The summed E-state index contributed by atoms with van der Waals surface area (Å²) in [5, 5.41) is 28.9. The van der Waals surface area contributed by atoms with Gasteiger partial charge in [0.15, 0.2) is 0 Å². The van der Waals surface area contributed by atoms with Crippen molar-refractivity contribution in [2.24, 2.45) is 11.8 Å². The minimum absolute atomic E-state index is 0.101. The van der Waals surface area contributed by atoms with Gasteiger partial charge in [-0.2, -0.15) is 0 Å². The van der Waals surface area contributed by atoms with Gasteiger partial charge in [0, 0.05) is 6.42 Å². The number of carboxylic acid groups (broad SMARTS) is 1. The van der Waals surface area contributed by atoms with Crippen LogP contribution in [0.5, 0.6) is 0 Å². The Morgan fingerprint density at radius 1 is 1.05 bits per heavy atom. The van der Waals surface area contributed by atoms with E-state index in [9.17, 15) is 15.0 Å². The Hall–Kier alpha value is -0.870. The SMILES string of the molecule is CCCCCC=CCC1C(O)CC(O)C1CCCCC(=O)O. The maximum Gasteiger partial charge on any atom is 0.303 e. The normalized spacial score (nSPS) is 28.5. The lowest BCUT2D eigenvalue weighted by molar-refractivity contribution is -0.137. The van der Waals surface area contributed by atoms with Crippen molar-refractivity contribution in [3.63, 3.8) is 0 Å². The van der Waals surface area contributed by atoms with Crippen LogP contribution in [0.15, 0.2) is 12.2 Å². The van der Waals surface area contributed by atoms with Crippen LogP contribution in [0.3, 0.4) is 0 Å². The van der Waals surface area contributed by atoms with E-state index >= 15 is 0 Å². The molecular weight excluding hydrogens is 280 g/mol. The lowest BCUT2D eigenvalue weighted by Gasteiger charge is -2.22. The van der Waals surface area contributed by atoms with Crippen LogP contribution in [0.2, 0.25) is 0 Å². The monoisotopic (exact) mass is 312 g/mol. The molecule has 0 radical (unpaired) electrons. The first kappa shape index (κ1) is 19.2. The number of aliphatic carboxylic acids is 1. The average molecular weight is 312 g/mol. The number of allylic oxidation sites excluding steroid dienone is 2. The second kappa shape index (κ2) is 10.8. The zero-order chi connectivity index (χ0) is 16.4. The first-order valence-electron chi connectivity index (χ1n) is 8.79. The summed E-state index contributed by atoms with van der Waals surface area (Å²) in [5.41, 5.74) is 0. The molecule has 0 bridgehead atoms. The molecule has 4 nitrogen and oxygen atoms in total. The maximum absolute atomic E-state index is 10.5. The number of aliphatic hydroxyl groups is 2. The van der Waals surface area contributed by atoms with E-state index in [1.807, 2.05) is 0 Å². The van der Waals surface area contributed by atoms with E-state index in [2.05, 4.69) is 19.1 Å². The van der Waals surface area contributed by atoms with Gasteiger partial charge in [-0.1, -0.05) is 38.3 Å². The van der Waals surface area contributed by atoms with Crippen molar-refractivity contribution >= 4 is 5.97 Å². The molecule has 128 valence electrons. The highest BCUT2D eigenvalue weighted by atomic mass is 16.4. The first-order chi connectivity index (χ1) is 10.6. The summed E-state index contributed by atoms with van der Waals surface area (Å²) in [5.74, 6) is -0.551. The van der Waals surface area contributed by atoms with Crippen LogP contribution >= 0.6 is 0 Å². The summed E-state index contributed by atoms with van der Waals surface area (Å²) < 4.78 is 0. The minimum Gasteiger partial charge on any atom is -0.481 e. The molecule has 4 heteroatoms. The summed E-state index contributed by atoms with van der Waals surface area (Å²) in [7, 11) is 0. The van der Waals surface area contributed by atoms with Crippen molar-refractivity contribution in [3.8, 4) is 0 Å². The van der Waals surface area contributed by atoms with Crippen molar-refractivity contribution < 1.29 is 20.1 Å². The molecule has 1 fully saturated rings. The molecular formula is C18H32O4. The summed E-state index contributed by atoms with van der Waals surface area (Å²) in [4.78, 5) is 10.5. The van der Waals surface area contributed by atoms with Gasteiger partial charge in [-0.3, -0.25) is 4.79 Å². The molecule has 1 rings (SSSR count). The van der Waals surface area contributed by atoms with E-state index in [-0.39, 0.29) is 18.3 Å². The van der Waals surface area contributed by atoms with Crippen LogP contribution < -0.4 is 0 Å². The predicted molar refractivity (Wildman–Crippen MR) is 87.6 cm³/mol. The topological polar surface area (TPSA) is 77.8 Å². The third kappa shape index (κ3) is 6.93. The largest absolute Gasteiger partial charge is 0.481 e. The first-order valence-corrected chi connectivity index (χ1v) is 8.79. The third-order valence-corrected chi connectivity index (χ3v) is 4.75. The Balaban J connectivity index is 2.35. The second-order valence-electron chi connectivity index (χ2n) is 6.54. The van der Waals surface area contributed by atoms with Crippen LogP contribution in [0, 0.1) is 11.8 Å². The number of carboxylic acids is 1. The van der Waals surface area contributed by atoms with E-state index in [4.69, 9.17) is 5.11 Å². The molecule has 0 heterocycles. The number of unbranched alkanes of at least 4 members (excludes halogenated alkanes) is 4. The van der Waals surface area contributed by atoms with E-state index in [0.717, 1.165) is 25.7 Å². The number of hydrogen-bond acceptors (Lipinski definition) is 3. The second-order valence-corrected chi connectivity index (χ2v) is 6.54. The van der Waals surface area contributed by atoms with Gasteiger partial charge in [-0.25, -0.2) is 0 Å². The Labute approximate surface area is 134 Å². The highest BCUT2D eigenvalue weighted by molar-refractivity contribution is 5.66. The van der Waals surface area contributed by atoms with Crippen LogP contribution in [0.1, 0.15) is 71.1 Å². The van der Waals surface area contributed by atoms with E-state index < -0.39 is 18.2 Å². The Morgan fingerprint density at radius 3 is 2.45 bits per heavy atom. The zero-order valence-corrected chi connectivity index (χ0v) is 13.8. The summed E-state index contributed by atoms with van der Waals surface area (Å²) in [6.07, 6.45) is 11.9. The van der Waals surface area contributed by atoms with Crippen LogP contribution in [-0.2, 0) is 4.79 Å². The van der Waals surface area contributed by atoms with Crippen molar-refractivity contribution in [2.45, 2.75) is 83.3 Å². The molecule has 0 aromatic heterocycles. The molecule has 1 aliphatic carbocycles. The van der Waals surface area contributed by atoms with Crippen molar-refractivity contribution in [1.82, 2.24) is 0 Å². The zero-order valence-electron chi connectivity index (χ0n) is 13.8. The summed E-state index contributed by atoms with van der Waals surface area (Å²) in [6, 6.07) is 0. The maximum atomic E-state index is 10.5. The highest BCUT2D eigenvalue weighted by Crippen LogP contribution is 2.38. The molecule has 22 heavy (non-hydrogen) atoms. The van der Waals surface area contributed by atoms with Gasteiger partial charge < -0.3 is 15.3 Å². The molecule has 0 aromatic rings. The fourth-order valence-corrected chi connectivity index (χ4v) is 3.45. The molecule has 0 aliphatic heterocycles.